The van der Waals surface area contributed by atoms with Gasteiger partial charge in [0.15, 0.2) is 0 Å². The van der Waals surface area contributed by atoms with E-state index in [0.717, 1.165) is 0 Å². The lowest BCUT2D eigenvalue weighted by Gasteiger charge is -2.34. The molecule has 0 saturated carbocycles. The van der Waals surface area contributed by atoms with Gasteiger partial charge in [-0.2, -0.15) is 4.72 Å². The minimum Gasteiger partial charge on any atom is -0.497 e. The van der Waals surface area contributed by atoms with E-state index in [-0.39, 0.29) is 49.9 Å². The van der Waals surface area contributed by atoms with Gasteiger partial charge in [-0.3, -0.25) is 9.59 Å². The van der Waals surface area contributed by atoms with Gasteiger partial charge in [0.05, 0.1) is 18.6 Å². The predicted octanol–water partition coefficient (Wildman–Crippen LogP) is 2.17. The summed E-state index contributed by atoms with van der Waals surface area (Å²) in [6, 6.07) is 10.5. The Morgan fingerprint density at radius 1 is 1.00 bits per heavy atom. The summed E-state index contributed by atoms with van der Waals surface area (Å²) >= 11 is 0. The lowest BCUT2D eigenvalue weighted by atomic mass is 9.90. The fourth-order valence-electron chi connectivity index (χ4n) is 3.97. The first-order chi connectivity index (χ1) is 18.1. The van der Waals surface area contributed by atoms with Crippen LogP contribution < -0.4 is 14.8 Å². The van der Waals surface area contributed by atoms with Crippen molar-refractivity contribution in [1.82, 2.24) is 9.62 Å². The van der Waals surface area contributed by atoms with Gasteiger partial charge in [-0.1, -0.05) is 0 Å². The van der Waals surface area contributed by atoms with Gasteiger partial charge >= 0.3 is 12.1 Å². The fourth-order valence-corrected chi connectivity index (χ4v) is 5.22. The molecule has 13 heteroatoms. The van der Waals surface area contributed by atoms with E-state index >= 15 is 0 Å². The summed E-state index contributed by atoms with van der Waals surface area (Å²) in [4.78, 5) is 37.8. The number of carbonyl (C=O) groups is 3. The van der Waals surface area contributed by atoms with E-state index in [2.05, 4.69) is 10.0 Å². The highest BCUT2D eigenvalue weighted by Crippen LogP contribution is 2.24. The molecule has 2 aromatic carbocycles. The molecule has 0 radical (unpaired) electrons. The summed E-state index contributed by atoms with van der Waals surface area (Å²) in [5.41, 5.74) is 0.757. The second kappa shape index (κ2) is 13.2. The Labute approximate surface area is 220 Å². The number of piperidine rings is 1. The van der Waals surface area contributed by atoms with Crippen molar-refractivity contribution in [2.24, 2.45) is 5.92 Å². The molecular weight excluding hydrogens is 518 g/mol. The third kappa shape index (κ3) is 7.66. The molecule has 1 aliphatic heterocycles. The summed E-state index contributed by atoms with van der Waals surface area (Å²) in [5, 5.41) is 12.4. The van der Waals surface area contributed by atoms with Crippen LogP contribution in [0.15, 0.2) is 53.4 Å². The SMILES string of the molecule is COCCOC(=O)N1CCC(C(NS(=O)(=O)c2ccc(NC(=O)c3ccc(OC)cc3)cc2)C(=O)O)CC1. The number of carboxylic acid groups (broad SMARTS) is 1. The monoisotopic (exact) mass is 549 g/mol. The number of sulfonamides is 1. The molecule has 3 rings (SSSR count). The zero-order valence-corrected chi connectivity index (χ0v) is 21.9. The van der Waals surface area contributed by atoms with Crippen molar-refractivity contribution >= 4 is 33.7 Å². The molecule has 0 bridgehead atoms. The number of rotatable bonds is 11. The van der Waals surface area contributed by atoms with Crippen LogP contribution in [0.3, 0.4) is 0 Å². The van der Waals surface area contributed by atoms with Gasteiger partial charge in [0, 0.05) is 31.5 Å². The van der Waals surface area contributed by atoms with Crippen LogP contribution in [0.25, 0.3) is 0 Å². The Kier molecular flexibility index (Phi) is 10.0. The number of ether oxygens (including phenoxy) is 3. The van der Waals surface area contributed by atoms with Crippen LogP contribution in [0.1, 0.15) is 23.2 Å². The van der Waals surface area contributed by atoms with E-state index in [4.69, 9.17) is 14.2 Å². The lowest BCUT2D eigenvalue weighted by Crippen LogP contribution is -2.50. The molecule has 38 heavy (non-hydrogen) atoms. The number of nitrogens with one attached hydrogen (secondary N) is 2. The normalized spacial score (nSPS) is 14.9. The van der Waals surface area contributed by atoms with Crippen LogP contribution >= 0.6 is 0 Å². The molecule has 2 amide bonds. The van der Waals surface area contributed by atoms with Crippen LogP contribution in [0.2, 0.25) is 0 Å². The number of nitrogens with zero attached hydrogens (tertiary/aromatic N) is 1. The summed E-state index contributed by atoms with van der Waals surface area (Å²) in [6.45, 7) is 0.854. The third-order valence-electron chi connectivity index (χ3n) is 6.11. The molecule has 1 heterocycles. The molecule has 3 N–H and O–H groups in total. The molecule has 1 aliphatic rings. The maximum Gasteiger partial charge on any atom is 0.409 e. The number of hydrogen-bond acceptors (Lipinski definition) is 8. The fraction of sp³-hybridized carbons (Fsp3) is 0.400. The van der Waals surface area contributed by atoms with E-state index in [1.165, 1.54) is 43.4 Å². The van der Waals surface area contributed by atoms with E-state index in [1.54, 1.807) is 24.3 Å². The first-order valence-electron chi connectivity index (χ1n) is 11.9. The highest BCUT2D eigenvalue weighted by Gasteiger charge is 2.36. The highest BCUT2D eigenvalue weighted by molar-refractivity contribution is 7.89. The molecular formula is C25H31N3O9S. The zero-order valence-electron chi connectivity index (χ0n) is 21.1. The van der Waals surface area contributed by atoms with E-state index < -0.39 is 34.0 Å². The molecule has 1 fully saturated rings. The van der Waals surface area contributed by atoms with Crippen molar-refractivity contribution in [2.75, 3.05) is 45.8 Å². The molecule has 2 aromatic rings. The molecule has 1 saturated heterocycles. The molecule has 1 unspecified atom stereocenters. The van der Waals surface area contributed by atoms with Crippen LogP contribution in [-0.2, 0) is 24.3 Å². The second-order valence-corrected chi connectivity index (χ2v) is 10.3. The van der Waals surface area contributed by atoms with Gasteiger partial charge in [-0.25, -0.2) is 13.2 Å². The van der Waals surface area contributed by atoms with Crippen LogP contribution in [0.4, 0.5) is 10.5 Å². The topological polar surface area (TPSA) is 161 Å². The molecule has 0 aliphatic carbocycles. The minimum absolute atomic E-state index is 0.108. The van der Waals surface area contributed by atoms with Crippen molar-refractivity contribution in [3.05, 3.63) is 54.1 Å². The van der Waals surface area contributed by atoms with Crippen molar-refractivity contribution < 1.29 is 42.1 Å². The van der Waals surface area contributed by atoms with E-state index in [1.807, 2.05) is 0 Å². The highest BCUT2D eigenvalue weighted by atomic mass is 32.2. The molecule has 0 aromatic heterocycles. The lowest BCUT2D eigenvalue weighted by molar-refractivity contribution is -0.140. The quantitative estimate of drug-likeness (QED) is 0.357. The maximum atomic E-state index is 13.0. The van der Waals surface area contributed by atoms with Gasteiger partial charge in [0.2, 0.25) is 10.0 Å². The summed E-state index contributed by atoms with van der Waals surface area (Å²) in [7, 11) is -1.17. The number of aliphatic carboxylic acids is 1. The standard InChI is InChI=1S/C25H31N3O9S/c1-35-15-16-37-25(32)28-13-11-17(12-14-28)22(24(30)31)27-38(33,34)21-9-5-19(6-10-21)26-23(29)18-3-7-20(36-2)8-4-18/h3-10,17,22,27H,11-16H2,1-2H3,(H,26,29)(H,30,31). The predicted molar refractivity (Wildman–Crippen MR) is 137 cm³/mol. The maximum absolute atomic E-state index is 13.0. The second-order valence-electron chi connectivity index (χ2n) is 8.58. The summed E-state index contributed by atoms with van der Waals surface area (Å²) < 4.78 is 43.2. The molecule has 1 atom stereocenters. The minimum atomic E-state index is -4.18. The Morgan fingerprint density at radius 2 is 1.63 bits per heavy atom. The van der Waals surface area contributed by atoms with Crippen molar-refractivity contribution in [1.29, 1.82) is 0 Å². The first-order valence-corrected chi connectivity index (χ1v) is 13.3. The number of amides is 2. The summed E-state index contributed by atoms with van der Waals surface area (Å²) in [6.07, 6.45) is 0.0526. The summed E-state index contributed by atoms with van der Waals surface area (Å²) in [5.74, 6) is -1.61. The van der Waals surface area contributed by atoms with Gasteiger partial charge in [-0.15, -0.1) is 0 Å². The Hall–Kier alpha value is -3.68. The molecule has 12 nitrogen and oxygen atoms in total. The number of methoxy groups -OCH3 is 2. The molecule has 0 spiro atoms. The van der Waals surface area contributed by atoms with Crippen molar-refractivity contribution in [3.63, 3.8) is 0 Å². The molecule has 206 valence electrons. The number of benzene rings is 2. The largest absolute Gasteiger partial charge is 0.497 e. The van der Waals surface area contributed by atoms with Crippen molar-refractivity contribution in [3.8, 4) is 5.75 Å². The van der Waals surface area contributed by atoms with Crippen LogP contribution in [0.5, 0.6) is 5.75 Å². The first kappa shape index (κ1) is 28.9. The van der Waals surface area contributed by atoms with Gasteiger partial charge < -0.3 is 29.5 Å². The number of anilines is 1. The average molecular weight is 550 g/mol. The van der Waals surface area contributed by atoms with Gasteiger partial charge in [-0.05, 0) is 67.3 Å². The van der Waals surface area contributed by atoms with Crippen molar-refractivity contribution in [2.45, 2.75) is 23.8 Å². The van der Waals surface area contributed by atoms with Crippen LogP contribution in [-0.4, -0.2) is 83.0 Å². The van der Waals surface area contributed by atoms with E-state index in [9.17, 15) is 27.9 Å². The number of carbonyl (C=O) groups excluding carboxylic acids is 2. The number of likely N-dealkylation sites (tertiary alicyclic amines) is 1. The van der Waals surface area contributed by atoms with E-state index in [0.29, 0.717) is 17.0 Å². The Balaban J connectivity index is 1.60. The Bertz CT molecular complexity index is 1210. The smallest absolute Gasteiger partial charge is 0.409 e. The van der Waals surface area contributed by atoms with Gasteiger partial charge in [0.25, 0.3) is 5.91 Å². The van der Waals surface area contributed by atoms with Crippen LogP contribution in [0, 0.1) is 5.92 Å². The average Bonchev–Trinajstić information content (AvgIpc) is 2.92. The van der Waals surface area contributed by atoms with Gasteiger partial charge in [0.1, 0.15) is 18.4 Å². The zero-order chi connectivity index (χ0) is 27.7. The Morgan fingerprint density at radius 3 is 2.18 bits per heavy atom. The number of carboxylic acids is 1. The third-order valence-corrected chi connectivity index (χ3v) is 7.56. The number of hydrogen-bond donors (Lipinski definition) is 3.